The van der Waals surface area contributed by atoms with Crippen LogP contribution in [-0.2, 0) is 4.79 Å². The third-order valence-corrected chi connectivity index (χ3v) is 4.45. The van der Waals surface area contributed by atoms with E-state index in [1.807, 2.05) is 19.9 Å². The van der Waals surface area contributed by atoms with Gasteiger partial charge in [0.25, 0.3) is 0 Å². The number of benzene rings is 1. The molecule has 2 aromatic rings. The number of amides is 1. The first-order chi connectivity index (χ1) is 10.6. The van der Waals surface area contributed by atoms with Crippen molar-refractivity contribution < 1.29 is 4.79 Å². The number of carbonyl (C=O) groups excluding carboxylic acids is 1. The van der Waals surface area contributed by atoms with Gasteiger partial charge in [-0.1, -0.05) is 35.2 Å². The Balaban J connectivity index is 1.88. The van der Waals surface area contributed by atoms with Crippen LogP contribution >= 0.6 is 23.1 Å². The van der Waals surface area contributed by atoms with E-state index >= 15 is 0 Å². The Morgan fingerprint density at radius 3 is 2.91 bits per heavy atom. The van der Waals surface area contributed by atoms with E-state index in [1.165, 1.54) is 23.1 Å². The molecule has 6 nitrogen and oxygen atoms in total. The van der Waals surface area contributed by atoms with Crippen molar-refractivity contribution in [3.8, 4) is 6.07 Å². The Morgan fingerprint density at radius 2 is 2.18 bits per heavy atom. The van der Waals surface area contributed by atoms with Crippen LogP contribution in [0.4, 0.5) is 10.8 Å². The van der Waals surface area contributed by atoms with Gasteiger partial charge in [0.15, 0.2) is 4.34 Å². The normalized spacial score (nSPS) is 10.3. The third-order valence-electron chi connectivity index (χ3n) is 2.47. The second-order valence-corrected chi connectivity index (χ2v) is 6.87. The predicted molar refractivity (Wildman–Crippen MR) is 89.2 cm³/mol. The van der Waals surface area contributed by atoms with Gasteiger partial charge >= 0.3 is 0 Å². The molecular weight excluding hydrogens is 318 g/mol. The van der Waals surface area contributed by atoms with Crippen LogP contribution in [0, 0.1) is 11.3 Å². The average molecular weight is 333 g/mol. The molecule has 0 aliphatic rings. The van der Waals surface area contributed by atoms with Gasteiger partial charge < -0.3 is 10.6 Å². The average Bonchev–Trinajstić information content (AvgIpc) is 2.92. The molecule has 0 fully saturated rings. The summed E-state index contributed by atoms with van der Waals surface area (Å²) in [6.07, 6.45) is 0. The number of para-hydroxylation sites is 1. The van der Waals surface area contributed by atoms with Crippen molar-refractivity contribution in [1.29, 1.82) is 5.26 Å². The van der Waals surface area contributed by atoms with Crippen LogP contribution in [0.15, 0.2) is 28.6 Å². The molecule has 0 unspecified atom stereocenters. The maximum Gasteiger partial charge on any atom is 0.234 e. The van der Waals surface area contributed by atoms with E-state index in [2.05, 4.69) is 20.8 Å². The minimum Gasteiger partial charge on any atom is -0.358 e. The quantitative estimate of drug-likeness (QED) is 0.790. The molecule has 1 amide bonds. The minimum atomic E-state index is -0.179. The van der Waals surface area contributed by atoms with E-state index < -0.39 is 0 Å². The van der Waals surface area contributed by atoms with Crippen molar-refractivity contribution in [1.82, 2.24) is 10.2 Å². The molecule has 8 heteroatoms. The summed E-state index contributed by atoms with van der Waals surface area (Å²) in [4.78, 5) is 11.9. The summed E-state index contributed by atoms with van der Waals surface area (Å²) in [5.74, 6) is 0.0389. The predicted octanol–water partition coefficient (Wildman–Crippen LogP) is 2.96. The molecule has 0 radical (unpaired) electrons. The second kappa shape index (κ2) is 7.77. The number of nitriles is 1. The Kier molecular flexibility index (Phi) is 5.75. The van der Waals surface area contributed by atoms with Gasteiger partial charge in [-0.05, 0) is 26.0 Å². The maximum atomic E-state index is 11.9. The van der Waals surface area contributed by atoms with E-state index in [0.717, 1.165) is 9.47 Å². The zero-order chi connectivity index (χ0) is 15.9. The van der Waals surface area contributed by atoms with Gasteiger partial charge in [-0.2, -0.15) is 5.26 Å². The molecule has 0 bridgehead atoms. The van der Waals surface area contributed by atoms with Crippen LogP contribution in [0.1, 0.15) is 19.4 Å². The van der Waals surface area contributed by atoms with E-state index in [0.29, 0.717) is 11.3 Å². The Hall–Kier alpha value is -2.11. The first kappa shape index (κ1) is 16.3. The van der Waals surface area contributed by atoms with Gasteiger partial charge in [-0.3, -0.25) is 4.79 Å². The lowest BCUT2D eigenvalue weighted by Crippen LogP contribution is -2.14. The van der Waals surface area contributed by atoms with Crippen molar-refractivity contribution in [2.45, 2.75) is 24.2 Å². The van der Waals surface area contributed by atoms with Crippen molar-refractivity contribution in [3.63, 3.8) is 0 Å². The molecule has 0 aliphatic heterocycles. The molecule has 22 heavy (non-hydrogen) atoms. The Morgan fingerprint density at radius 1 is 1.41 bits per heavy atom. The number of hydrogen-bond donors (Lipinski definition) is 2. The highest BCUT2D eigenvalue weighted by Gasteiger charge is 2.10. The highest BCUT2D eigenvalue weighted by Crippen LogP contribution is 2.26. The first-order valence-electron chi connectivity index (χ1n) is 6.60. The molecule has 0 saturated carbocycles. The number of nitrogens with zero attached hydrogens (tertiary/aromatic N) is 3. The van der Waals surface area contributed by atoms with Crippen LogP contribution in [0.3, 0.4) is 0 Å². The number of anilines is 2. The molecule has 1 heterocycles. The summed E-state index contributed by atoms with van der Waals surface area (Å²) in [6, 6.07) is 9.24. The number of nitrogens with one attached hydrogen (secondary N) is 2. The Bertz CT molecular complexity index is 693. The zero-order valence-corrected chi connectivity index (χ0v) is 13.8. The lowest BCUT2D eigenvalue weighted by atomic mass is 10.2. The van der Waals surface area contributed by atoms with Gasteiger partial charge in [0.1, 0.15) is 6.07 Å². The van der Waals surface area contributed by atoms with Crippen LogP contribution in [-0.4, -0.2) is 27.9 Å². The minimum absolute atomic E-state index is 0.179. The van der Waals surface area contributed by atoms with E-state index in [4.69, 9.17) is 5.26 Å². The van der Waals surface area contributed by atoms with Gasteiger partial charge in [0.2, 0.25) is 11.0 Å². The highest BCUT2D eigenvalue weighted by atomic mass is 32.2. The van der Waals surface area contributed by atoms with Crippen molar-refractivity contribution >= 4 is 39.8 Å². The van der Waals surface area contributed by atoms with E-state index in [-0.39, 0.29) is 17.7 Å². The summed E-state index contributed by atoms with van der Waals surface area (Å²) in [5, 5.41) is 23.6. The molecular formula is C14H15N5OS2. The lowest BCUT2D eigenvalue weighted by Gasteiger charge is -2.05. The van der Waals surface area contributed by atoms with Gasteiger partial charge in [0, 0.05) is 6.04 Å². The fourth-order valence-electron chi connectivity index (χ4n) is 1.58. The van der Waals surface area contributed by atoms with Gasteiger partial charge in [0.05, 0.1) is 17.0 Å². The van der Waals surface area contributed by atoms with Crippen molar-refractivity contribution in [2.24, 2.45) is 0 Å². The largest absolute Gasteiger partial charge is 0.358 e. The fourth-order valence-corrected chi connectivity index (χ4v) is 3.27. The molecule has 2 N–H and O–H groups in total. The molecule has 0 atom stereocenters. The SMILES string of the molecule is CC(C)Nc1nnc(SCC(=O)Nc2ccccc2C#N)s1. The molecule has 0 saturated heterocycles. The van der Waals surface area contributed by atoms with Crippen LogP contribution < -0.4 is 10.6 Å². The standard InChI is InChI=1S/C14H15N5OS2/c1-9(2)16-13-18-19-14(22-13)21-8-12(20)17-11-6-4-3-5-10(11)7-15/h3-6,9H,8H2,1-2H3,(H,16,18)(H,17,20). The van der Waals surface area contributed by atoms with Crippen molar-refractivity contribution in [2.75, 3.05) is 16.4 Å². The summed E-state index contributed by atoms with van der Waals surface area (Å²) in [5.41, 5.74) is 0.968. The third kappa shape index (κ3) is 4.72. The molecule has 1 aromatic carbocycles. The second-order valence-electron chi connectivity index (χ2n) is 4.67. The first-order valence-corrected chi connectivity index (χ1v) is 8.40. The number of thioether (sulfide) groups is 1. The lowest BCUT2D eigenvalue weighted by molar-refractivity contribution is -0.113. The molecule has 0 aliphatic carbocycles. The summed E-state index contributed by atoms with van der Waals surface area (Å²) < 4.78 is 0.729. The van der Waals surface area contributed by atoms with Crippen LogP contribution in [0.2, 0.25) is 0 Å². The van der Waals surface area contributed by atoms with Crippen LogP contribution in [0.5, 0.6) is 0 Å². The molecule has 0 spiro atoms. The number of rotatable bonds is 6. The fraction of sp³-hybridized carbons (Fsp3) is 0.286. The molecule has 114 valence electrons. The van der Waals surface area contributed by atoms with Crippen molar-refractivity contribution in [3.05, 3.63) is 29.8 Å². The summed E-state index contributed by atoms with van der Waals surface area (Å²) >= 11 is 2.73. The Labute approximate surface area is 137 Å². The monoisotopic (exact) mass is 333 g/mol. The zero-order valence-electron chi connectivity index (χ0n) is 12.2. The number of hydrogen-bond acceptors (Lipinski definition) is 7. The molecule has 2 rings (SSSR count). The van der Waals surface area contributed by atoms with Gasteiger partial charge in [-0.25, -0.2) is 0 Å². The smallest absolute Gasteiger partial charge is 0.234 e. The number of carbonyl (C=O) groups is 1. The van der Waals surface area contributed by atoms with E-state index in [9.17, 15) is 4.79 Å². The van der Waals surface area contributed by atoms with Crippen LogP contribution in [0.25, 0.3) is 0 Å². The summed E-state index contributed by atoms with van der Waals surface area (Å²) in [6.45, 7) is 4.04. The maximum absolute atomic E-state index is 11.9. The van der Waals surface area contributed by atoms with E-state index in [1.54, 1.807) is 24.3 Å². The molecule has 1 aromatic heterocycles. The van der Waals surface area contributed by atoms with Gasteiger partial charge in [-0.15, -0.1) is 10.2 Å². The highest BCUT2D eigenvalue weighted by molar-refractivity contribution is 8.01. The number of aromatic nitrogens is 2. The summed E-state index contributed by atoms with van der Waals surface area (Å²) in [7, 11) is 0. The topological polar surface area (TPSA) is 90.7 Å².